The number of carbonyl (C=O) groups excluding carboxylic acids is 1. The number of rotatable bonds is 4. The summed E-state index contributed by atoms with van der Waals surface area (Å²) < 4.78 is 7.02. The molecule has 0 radical (unpaired) electrons. The van der Waals surface area contributed by atoms with Crippen LogP contribution in [-0.4, -0.2) is 22.9 Å². The minimum atomic E-state index is -0.410. The number of esters is 1. The third-order valence-corrected chi connectivity index (χ3v) is 2.42. The van der Waals surface area contributed by atoms with Crippen molar-refractivity contribution in [1.29, 1.82) is 0 Å². The van der Waals surface area contributed by atoms with Crippen LogP contribution in [0.25, 0.3) is 0 Å². The van der Waals surface area contributed by atoms with E-state index in [0.29, 0.717) is 10.2 Å². The summed E-state index contributed by atoms with van der Waals surface area (Å²) >= 11 is 3.27. The van der Waals surface area contributed by atoms with Gasteiger partial charge in [-0.25, -0.2) is 4.79 Å². The molecule has 0 saturated heterocycles. The van der Waals surface area contributed by atoms with Crippen molar-refractivity contribution in [3.8, 4) is 0 Å². The van der Waals surface area contributed by atoms with Gasteiger partial charge in [0.05, 0.1) is 11.6 Å². The smallest absolute Gasteiger partial charge is 0.359 e. The first-order valence-corrected chi connectivity index (χ1v) is 5.29. The van der Waals surface area contributed by atoms with E-state index < -0.39 is 5.97 Å². The molecule has 14 heavy (non-hydrogen) atoms. The summed E-state index contributed by atoms with van der Waals surface area (Å²) in [6, 6.07) is 0. The van der Waals surface area contributed by atoms with Crippen LogP contribution in [0, 0.1) is 0 Å². The second-order valence-electron chi connectivity index (χ2n) is 2.93. The van der Waals surface area contributed by atoms with E-state index in [1.165, 1.54) is 7.11 Å². The third-order valence-electron chi connectivity index (χ3n) is 1.84. The van der Waals surface area contributed by atoms with Crippen molar-refractivity contribution in [2.24, 2.45) is 0 Å². The second-order valence-corrected chi connectivity index (χ2v) is 3.79. The van der Waals surface area contributed by atoms with E-state index in [2.05, 4.69) is 32.7 Å². The molecule has 78 valence electrons. The van der Waals surface area contributed by atoms with Crippen molar-refractivity contribution in [3.05, 3.63) is 16.4 Å². The van der Waals surface area contributed by atoms with Crippen LogP contribution in [-0.2, 0) is 11.3 Å². The van der Waals surface area contributed by atoms with Crippen molar-refractivity contribution in [2.45, 2.75) is 26.3 Å². The van der Waals surface area contributed by atoms with E-state index in [0.717, 1.165) is 19.4 Å². The molecule has 0 fully saturated rings. The lowest BCUT2D eigenvalue weighted by atomic mass is 10.3. The maximum atomic E-state index is 11.2. The van der Waals surface area contributed by atoms with Gasteiger partial charge in [-0.1, -0.05) is 13.3 Å². The van der Waals surface area contributed by atoms with Gasteiger partial charge in [0.25, 0.3) is 0 Å². The van der Waals surface area contributed by atoms with Gasteiger partial charge in [0, 0.05) is 12.7 Å². The predicted molar refractivity (Wildman–Crippen MR) is 56.2 cm³/mol. The van der Waals surface area contributed by atoms with E-state index in [9.17, 15) is 4.79 Å². The van der Waals surface area contributed by atoms with Gasteiger partial charge in [-0.2, -0.15) is 5.10 Å². The predicted octanol–water partition coefficient (Wildman–Crippen LogP) is 2.23. The highest BCUT2D eigenvalue weighted by Gasteiger charge is 2.14. The Hall–Kier alpha value is -0.840. The number of carbonyl (C=O) groups is 1. The van der Waals surface area contributed by atoms with E-state index in [1.54, 1.807) is 10.9 Å². The lowest BCUT2D eigenvalue weighted by Crippen LogP contribution is -2.05. The van der Waals surface area contributed by atoms with Crippen LogP contribution < -0.4 is 0 Å². The normalized spacial score (nSPS) is 10.2. The Kier molecular flexibility index (Phi) is 4.13. The maximum Gasteiger partial charge on any atom is 0.359 e. The number of unbranched alkanes of at least 4 members (excludes halogenated alkanes) is 1. The zero-order valence-corrected chi connectivity index (χ0v) is 9.87. The summed E-state index contributed by atoms with van der Waals surface area (Å²) in [5.41, 5.74) is 0.337. The second kappa shape index (κ2) is 5.14. The highest BCUT2D eigenvalue weighted by atomic mass is 79.9. The molecule has 0 spiro atoms. The third kappa shape index (κ3) is 2.57. The van der Waals surface area contributed by atoms with Gasteiger partial charge in [-0.15, -0.1) is 0 Å². The monoisotopic (exact) mass is 260 g/mol. The molecule has 5 heteroatoms. The Bertz CT molecular complexity index is 323. The van der Waals surface area contributed by atoms with E-state index in [-0.39, 0.29) is 0 Å². The van der Waals surface area contributed by atoms with Gasteiger partial charge < -0.3 is 4.74 Å². The fraction of sp³-hybridized carbons (Fsp3) is 0.556. The molecule has 0 atom stereocenters. The molecular formula is C9H13BrN2O2. The van der Waals surface area contributed by atoms with E-state index in [1.807, 2.05) is 0 Å². The maximum absolute atomic E-state index is 11.2. The topological polar surface area (TPSA) is 44.1 Å². The van der Waals surface area contributed by atoms with Crippen molar-refractivity contribution < 1.29 is 9.53 Å². The van der Waals surface area contributed by atoms with Crippen molar-refractivity contribution in [1.82, 2.24) is 9.78 Å². The van der Waals surface area contributed by atoms with E-state index in [4.69, 9.17) is 0 Å². The first-order chi connectivity index (χ1) is 6.69. The number of ether oxygens (including phenoxy) is 1. The van der Waals surface area contributed by atoms with Gasteiger partial charge in [-0.3, -0.25) is 4.68 Å². The highest BCUT2D eigenvalue weighted by molar-refractivity contribution is 9.10. The molecule has 1 aromatic rings. The van der Waals surface area contributed by atoms with Crippen LogP contribution in [0.1, 0.15) is 30.3 Å². The summed E-state index contributed by atoms with van der Waals surface area (Å²) in [5.74, 6) is -0.410. The molecule has 0 amide bonds. The lowest BCUT2D eigenvalue weighted by Gasteiger charge is -1.97. The number of hydrogen-bond acceptors (Lipinski definition) is 3. The quantitative estimate of drug-likeness (QED) is 0.780. The van der Waals surface area contributed by atoms with Crippen molar-refractivity contribution in [3.63, 3.8) is 0 Å². The molecule has 0 aliphatic carbocycles. The van der Waals surface area contributed by atoms with Gasteiger partial charge in [0.15, 0.2) is 5.69 Å². The summed E-state index contributed by atoms with van der Waals surface area (Å²) in [5, 5.41) is 4.11. The Balaban J connectivity index is 2.77. The number of aromatic nitrogens is 2. The molecule has 0 aliphatic heterocycles. The van der Waals surface area contributed by atoms with E-state index >= 15 is 0 Å². The van der Waals surface area contributed by atoms with Crippen LogP contribution >= 0.6 is 15.9 Å². The number of methoxy groups -OCH3 is 1. The average Bonchev–Trinajstić information content (AvgIpc) is 2.55. The fourth-order valence-electron chi connectivity index (χ4n) is 1.07. The molecule has 0 N–H and O–H groups in total. The molecule has 0 unspecified atom stereocenters. The van der Waals surface area contributed by atoms with Gasteiger partial charge in [0.1, 0.15) is 0 Å². The summed E-state index contributed by atoms with van der Waals surface area (Å²) in [6.07, 6.45) is 3.95. The number of halogens is 1. The Morgan fingerprint density at radius 1 is 1.71 bits per heavy atom. The first kappa shape index (κ1) is 11.2. The minimum Gasteiger partial charge on any atom is -0.464 e. The Labute approximate surface area is 91.4 Å². The molecule has 1 aromatic heterocycles. The summed E-state index contributed by atoms with van der Waals surface area (Å²) in [6.45, 7) is 2.94. The number of nitrogens with zero attached hydrogens (tertiary/aromatic N) is 2. The summed E-state index contributed by atoms with van der Waals surface area (Å²) in [7, 11) is 1.35. The van der Waals surface area contributed by atoms with Crippen LogP contribution in [0.15, 0.2) is 10.7 Å². The number of aryl methyl sites for hydroxylation is 1. The van der Waals surface area contributed by atoms with Gasteiger partial charge in [-0.05, 0) is 22.4 Å². The largest absolute Gasteiger partial charge is 0.464 e. The van der Waals surface area contributed by atoms with Crippen LogP contribution in [0.3, 0.4) is 0 Å². The molecule has 4 nitrogen and oxygen atoms in total. The van der Waals surface area contributed by atoms with Crippen molar-refractivity contribution >= 4 is 21.9 Å². The van der Waals surface area contributed by atoms with Gasteiger partial charge in [0.2, 0.25) is 0 Å². The SMILES string of the molecule is CCCCn1cc(Br)c(C(=O)OC)n1. The molecular weight excluding hydrogens is 248 g/mol. The Morgan fingerprint density at radius 3 is 3.00 bits per heavy atom. The van der Waals surface area contributed by atoms with Crippen molar-refractivity contribution in [2.75, 3.05) is 7.11 Å². The molecule has 1 rings (SSSR count). The molecule has 0 aliphatic rings. The van der Waals surface area contributed by atoms with Crippen LogP contribution in [0.2, 0.25) is 0 Å². The fourth-order valence-corrected chi connectivity index (χ4v) is 1.54. The zero-order chi connectivity index (χ0) is 10.6. The molecule has 0 saturated carbocycles. The molecule has 0 aromatic carbocycles. The lowest BCUT2D eigenvalue weighted by molar-refractivity contribution is 0.0592. The minimum absolute atomic E-state index is 0.337. The van der Waals surface area contributed by atoms with Crippen LogP contribution in [0.5, 0.6) is 0 Å². The zero-order valence-electron chi connectivity index (χ0n) is 8.29. The van der Waals surface area contributed by atoms with Crippen LogP contribution in [0.4, 0.5) is 0 Å². The Morgan fingerprint density at radius 2 is 2.43 bits per heavy atom. The highest BCUT2D eigenvalue weighted by Crippen LogP contribution is 2.15. The average molecular weight is 261 g/mol. The summed E-state index contributed by atoms with van der Waals surface area (Å²) in [4.78, 5) is 11.2. The number of hydrogen-bond donors (Lipinski definition) is 0. The first-order valence-electron chi connectivity index (χ1n) is 4.50. The standard InChI is InChI=1S/C9H13BrN2O2/c1-3-4-5-12-6-7(10)8(11-12)9(13)14-2/h6H,3-5H2,1-2H3. The molecule has 1 heterocycles. The van der Waals surface area contributed by atoms with Gasteiger partial charge >= 0.3 is 5.97 Å². The molecule has 0 bridgehead atoms.